The molecule has 8 nitrogen and oxygen atoms in total. The first-order valence-electron chi connectivity index (χ1n) is 5.74. The van der Waals surface area contributed by atoms with Crippen LogP contribution in [-0.2, 0) is 39.8 Å². The summed E-state index contributed by atoms with van der Waals surface area (Å²) < 4.78 is 10.6. The van der Waals surface area contributed by atoms with Gasteiger partial charge in [0.25, 0.3) is 0 Å². The van der Waals surface area contributed by atoms with Crippen molar-refractivity contribution in [3.63, 3.8) is 0 Å². The van der Waals surface area contributed by atoms with Gasteiger partial charge in [-0.1, -0.05) is 11.3 Å². The van der Waals surface area contributed by atoms with Crippen LogP contribution in [0, 0.1) is 0 Å². The number of carbonyl (C=O) groups excluding carboxylic acids is 2. The summed E-state index contributed by atoms with van der Waals surface area (Å²) in [6.45, 7) is 0.529. The van der Waals surface area contributed by atoms with E-state index in [0.717, 1.165) is 16.4 Å². The molecule has 1 saturated heterocycles. The van der Waals surface area contributed by atoms with Gasteiger partial charge in [-0.3, -0.25) is 14.2 Å². The smallest absolute Gasteiger partial charge is 0.590 e. The van der Waals surface area contributed by atoms with Crippen LogP contribution < -0.4 is 34.4 Å². The van der Waals surface area contributed by atoms with E-state index in [1.165, 1.54) is 16.6 Å². The van der Waals surface area contributed by atoms with Gasteiger partial charge in [-0.25, -0.2) is 9.86 Å². The topological polar surface area (TPSA) is 81.1 Å². The molecule has 2 aliphatic heterocycles. The summed E-state index contributed by atoms with van der Waals surface area (Å²) in [7, 11) is 1.26. The molecule has 1 aromatic rings. The molecule has 0 saturated carbocycles. The van der Waals surface area contributed by atoms with Crippen molar-refractivity contribution in [2.75, 3.05) is 13.7 Å². The first kappa shape index (κ1) is 16.8. The average molecular weight is 339 g/mol. The molecule has 3 heterocycles. The quantitative estimate of drug-likeness (QED) is 0.327. The largest absolute Gasteiger partial charge is 1.00 e. The number of fused-ring (bicyclic) bond motifs is 4. The van der Waals surface area contributed by atoms with Crippen LogP contribution >= 0.6 is 11.3 Å². The van der Waals surface area contributed by atoms with Gasteiger partial charge in [0.2, 0.25) is 0 Å². The molecule has 0 aromatic carbocycles. The average Bonchev–Trinajstić information content (AvgIpc) is 2.88. The first-order valence-corrected chi connectivity index (χ1v) is 6.89. The fourth-order valence-electron chi connectivity index (χ4n) is 2.45. The second-order valence-electron chi connectivity index (χ2n) is 4.42. The zero-order valence-corrected chi connectivity index (χ0v) is 15.0. The van der Waals surface area contributed by atoms with Gasteiger partial charge in [0.15, 0.2) is 0 Å². The van der Waals surface area contributed by atoms with Gasteiger partial charge in [0.1, 0.15) is 12.6 Å². The minimum Gasteiger partial charge on any atom is -0.590 e. The number of thiazole rings is 1. The number of hydroxylamine groups is 2. The maximum atomic E-state index is 12.0. The van der Waals surface area contributed by atoms with Crippen molar-refractivity contribution < 1.29 is 48.2 Å². The molecular weight excluding hydrogens is 329 g/mol. The van der Waals surface area contributed by atoms with E-state index in [1.54, 1.807) is 0 Å². The molecule has 0 spiro atoms. The number of urea groups is 1. The molecule has 0 aliphatic carbocycles. The number of hydrogen-bond donors (Lipinski definition) is 0. The van der Waals surface area contributed by atoms with Gasteiger partial charge < -0.3 is 26.8 Å². The van der Waals surface area contributed by atoms with E-state index in [1.807, 2.05) is 0 Å². The number of methoxy groups -OCH3 is 1. The van der Waals surface area contributed by atoms with E-state index in [0.29, 0.717) is 17.1 Å². The van der Waals surface area contributed by atoms with Gasteiger partial charge in [0.05, 0.1) is 30.8 Å². The molecule has 21 heavy (non-hydrogen) atoms. The van der Waals surface area contributed by atoms with Crippen LogP contribution in [0.2, 0.25) is 0 Å². The number of aromatic nitrogens is 1. The Morgan fingerprint density at radius 1 is 1.48 bits per heavy atom. The molecule has 1 fully saturated rings. The molecule has 0 radical (unpaired) electrons. The van der Waals surface area contributed by atoms with Crippen LogP contribution in [0.3, 0.4) is 0 Å². The van der Waals surface area contributed by atoms with Gasteiger partial charge in [-0.15, -0.1) is 0 Å². The molecular formula is C10H10N3NaO5S2. The maximum Gasteiger partial charge on any atom is 1.00 e. The number of nitrogens with zero attached hydrogens (tertiary/aromatic N) is 3. The van der Waals surface area contributed by atoms with Crippen LogP contribution in [0.15, 0.2) is 4.79 Å². The Morgan fingerprint density at radius 2 is 2.19 bits per heavy atom. The van der Waals surface area contributed by atoms with E-state index in [9.17, 15) is 14.4 Å². The second-order valence-corrected chi connectivity index (χ2v) is 5.56. The van der Waals surface area contributed by atoms with E-state index in [2.05, 4.69) is 21.9 Å². The molecule has 2 amide bonds. The van der Waals surface area contributed by atoms with Crippen molar-refractivity contribution in [1.29, 1.82) is 0 Å². The second kappa shape index (κ2) is 6.31. The Bertz CT molecular complexity index is 645. The Balaban J connectivity index is 0.00000161. The van der Waals surface area contributed by atoms with Gasteiger partial charge in [-0.2, -0.15) is 0 Å². The summed E-state index contributed by atoms with van der Waals surface area (Å²) in [4.78, 5) is 37.3. The Morgan fingerprint density at radius 3 is 2.81 bits per heavy atom. The molecule has 2 bridgehead atoms. The fourth-order valence-corrected chi connectivity index (χ4v) is 3.69. The monoisotopic (exact) mass is 339 g/mol. The number of ether oxygens (including phenoxy) is 1. The van der Waals surface area contributed by atoms with Crippen LogP contribution in [0.1, 0.15) is 16.6 Å². The molecule has 11 heteroatoms. The molecule has 3 rings (SSSR count). The van der Waals surface area contributed by atoms with Crippen molar-refractivity contribution in [3.05, 3.63) is 20.2 Å². The Kier molecular flexibility index (Phi) is 5.06. The summed E-state index contributed by atoms with van der Waals surface area (Å²) in [6.07, 6.45) is 0. The predicted molar refractivity (Wildman–Crippen MR) is 69.4 cm³/mol. The van der Waals surface area contributed by atoms with E-state index >= 15 is 0 Å². The third kappa shape index (κ3) is 2.64. The van der Waals surface area contributed by atoms with Crippen LogP contribution in [0.25, 0.3) is 0 Å². The predicted octanol–water partition coefficient (Wildman–Crippen LogP) is -3.23. The van der Waals surface area contributed by atoms with Gasteiger partial charge >= 0.3 is 46.4 Å². The van der Waals surface area contributed by atoms with Crippen molar-refractivity contribution in [1.82, 2.24) is 14.5 Å². The molecule has 108 valence electrons. The van der Waals surface area contributed by atoms with E-state index in [-0.39, 0.29) is 59.6 Å². The molecule has 2 aliphatic rings. The first-order chi connectivity index (χ1) is 9.56. The Hall–Kier alpha value is -0.520. The minimum atomic E-state index is -0.511. The SMILES string of the molecule is COC(=O)Cn1c2c(sc1=O)C1CN(C2)C(=O)N1O[S-].[Na+]. The van der Waals surface area contributed by atoms with Gasteiger partial charge in [-0.05, 0) is 0 Å². The van der Waals surface area contributed by atoms with Crippen molar-refractivity contribution in [2.45, 2.75) is 19.1 Å². The third-order valence-electron chi connectivity index (χ3n) is 3.40. The summed E-state index contributed by atoms with van der Waals surface area (Å²) in [5.41, 5.74) is 0.643. The number of esters is 1. The van der Waals surface area contributed by atoms with E-state index in [4.69, 9.17) is 0 Å². The number of carbonyl (C=O) groups is 2. The summed E-state index contributed by atoms with van der Waals surface area (Å²) in [6, 6.07) is -0.717. The zero-order valence-electron chi connectivity index (χ0n) is 11.4. The van der Waals surface area contributed by atoms with Crippen molar-refractivity contribution in [2.24, 2.45) is 0 Å². The molecule has 1 atom stereocenters. The van der Waals surface area contributed by atoms with Crippen LogP contribution in [0.5, 0.6) is 0 Å². The number of amides is 2. The van der Waals surface area contributed by atoms with Crippen LogP contribution in [-0.4, -0.2) is 40.2 Å². The van der Waals surface area contributed by atoms with Crippen molar-refractivity contribution in [3.8, 4) is 0 Å². The van der Waals surface area contributed by atoms with Crippen molar-refractivity contribution >= 4 is 36.2 Å². The van der Waals surface area contributed by atoms with E-state index < -0.39 is 5.97 Å². The summed E-state index contributed by atoms with van der Waals surface area (Å²) in [5, 5.41) is 1.08. The maximum absolute atomic E-state index is 12.0. The molecule has 1 aromatic heterocycles. The number of rotatable bonds is 3. The summed E-state index contributed by atoms with van der Waals surface area (Å²) in [5.74, 6) is -0.511. The fraction of sp³-hybridized carbons (Fsp3) is 0.500. The minimum absolute atomic E-state index is 0. The zero-order chi connectivity index (χ0) is 14.4. The Labute approximate surface area is 151 Å². The third-order valence-corrected chi connectivity index (χ3v) is 4.69. The normalized spacial score (nSPS) is 19.3. The molecule has 0 N–H and O–H groups in total. The molecule has 1 unspecified atom stereocenters. The number of hydrogen-bond acceptors (Lipinski definition) is 7. The van der Waals surface area contributed by atoms with Gasteiger partial charge in [0, 0.05) is 0 Å². The summed E-state index contributed by atoms with van der Waals surface area (Å²) >= 11 is 5.50. The van der Waals surface area contributed by atoms with Crippen LogP contribution in [0.4, 0.5) is 4.79 Å². The standard InChI is InChI=1S/C10H11N3O5S2.Na/c1-17-7(14)4-12-5-2-11-3-6(8(5)20-10(12)16)13(18-19)9(11)15;/h6,19H,2-4H2,1H3;/q;+1/p-1.